The van der Waals surface area contributed by atoms with Crippen LogP contribution < -0.4 is 14.5 Å². The van der Waals surface area contributed by atoms with E-state index in [-0.39, 0.29) is 16.7 Å². The highest BCUT2D eigenvalue weighted by Gasteiger charge is 2.30. The van der Waals surface area contributed by atoms with Crippen molar-refractivity contribution in [3.63, 3.8) is 0 Å². The summed E-state index contributed by atoms with van der Waals surface area (Å²) in [6.07, 6.45) is 1.38. The van der Waals surface area contributed by atoms with Gasteiger partial charge in [-0.1, -0.05) is 78.1 Å². The van der Waals surface area contributed by atoms with Crippen molar-refractivity contribution in [3.8, 4) is 11.6 Å². The van der Waals surface area contributed by atoms with Gasteiger partial charge in [0.25, 0.3) is 0 Å². The van der Waals surface area contributed by atoms with Crippen molar-refractivity contribution >= 4 is 22.9 Å². The number of aromatic nitrogens is 1. The van der Waals surface area contributed by atoms with Gasteiger partial charge in [0, 0.05) is 12.8 Å². The van der Waals surface area contributed by atoms with E-state index in [0.29, 0.717) is 43.0 Å². The molecule has 0 atom stereocenters. The van der Waals surface area contributed by atoms with Crippen molar-refractivity contribution in [2.75, 3.05) is 4.90 Å². The number of benzene rings is 3. The first-order chi connectivity index (χ1) is 16.6. The van der Waals surface area contributed by atoms with Crippen LogP contribution in [0.3, 0.4) is 0 Å². The molecule has 1 amide bonds. The minimum Gasteiger partial charge on any atom is -0.494 e. The number of aromatic hydroxyl groups is 1. The van der Waals surface area contributed by atoms with Crippen molar-refractivity contribution in [2.45, 2.75) is 32.4 Å². The average Bonchev–Trinajstić information content (AvgIpc) is 3.17. The van der Waals surface area contributed by atoms with Gasteiger partial charge in [0.1, 0.15) is 12.4 Å². The fourth-order valence-electron chi connectivity index (χ4n) is 4.32. The monoisotopic (exact) mass is 472 g/mol. The summed E-state index contributed by atoms with van der Waals surface area (Å²) in [6.45, 7) is 0.834. The van der Waals surface area contributed by atoms with Crippen LogP contribution in [0.2, 0.25) is 0 Å². The number of thiazole rings is 1. The zero-order valence-corrected chi connectivity index (χ0v) is 19.3. The minimum atomic E-state index is -0.287. The first-order valence-electron chi connectivity index (χ1n) is 11.1. The molecule has 0 saturated heterocycles. The Bertz CT molecular complexity index is 1360. The number of fused-ring (bicyclic) bond motifs is 1. The maximum absolute atomic E-state index is 13.1. The molecule has 0 spiro atoms. The molecule has 4 aromatic rings. The van der Waals surface area contributed by atoms with E-state index in [2.05, 4.69) is 4.98 Å². The van der Waals surface area contributed by atoms with Gasteiger partial charge in [-0.15, -0.1) is 0 Å². The molecular weight excluding hydrogens is 448 g/mol. The summed E-state index contributed by atoms with van der Waals surface area (Å²) in [6, 6.07) is 23.7. The topological polar surface area (TPSA) is 82.6 Å². The normalized spacial score (nSPS) is 13.1. The Balaban J connectivity index is 1.55. The first kappa shape index (κ1) is 22.0. The number of carbonyl (C=O) groups is 1. The molecule has 0 bridgehead atoms. The minimum absolute atomic E-state index is 0.0483. The van der Waals surface area contributed by atoms with Crippen LogP contribution in [0.15, 0.2) is 77.6 Å². The molecule has 0 fully saturated rings. The third kappa shape index (κ3) is 4.61. The molecule has 3 aromatic carbocycles. The molecule has 34 heavy (non-hydrogen) atoms. The fourth-order valence-corrected chi connectivity index (χ4v) is 5.07. The highest BCUT2D eigenvalue weighted by atomic mass is 32.1. The van der Waals surface area contributed by atoms with Crippen LogP contribution >= 0.6 is 11.3 Å². The summed E-state index contributed by atoms with van der Waals surface area (Å²) in [5, 5.41) is 10.1. The van der Waals surface area contributed by atoms with Gasteiger partial charge >= 0.3 is 4.87 Å². The molecule has 172 valence electrons. The molecular formula is C27H24N2O4S. The second-order valence-electron chi connectivity index (χ2n) is 8.25. The summed E-state index contributed by atoms with van der Waals surface area (Å²) >= 11 is 1.00. The Morgan fingerprint density at radius 2 is 1.62 bits per heavy atom. The van der Waals surface area contributed by atoms with Gasteiger partial charge in [0.05, 0.1) is 17.1 Å². The van der Waals surface area contributed by atoms with E-state index in [1.165, 1.54) is 0 Å². The molecule has 0 unspecified atom stereocenters. The van der Waals surface area contributed by atoms with E-state index in [9.17, 15) is 14.7 Å². The molecule has 0 saturated carbocycles. The van der Waals surface area contributed by atoms with Crippen LogP contribution in [0.4, 0.5) is 5.69 Å². The van der Waals surface area contributed by atoms with Crippen LogP contribution in [0, 0.1) is 0 Å². The lowest BCUT2D eigenvalue weighted by Gasteiger charge is -2.32. The average molecular weight is 473 g/mol. The molecule has 5 rings (SSSR count). The molecule has 2 heterocycles. The number of amides is 1. The summed E-state index contributed by atoms with van der Waals surface area (Å²) in [5.41, 5.74) is 4.83. The van der Waals surface area contributed by atoms with Crippen LogP contribution in [-0.4, -0.2) is 16.0 Å². The van der Waals surface area contributed by atoms with Crippen molar-refractivity contribution in [2.24, 2.45) is 0 Å². The Kier molecular flexibility index (Phi) is 6.18. The summed E-state index contributed by atoms with van der Waals surface area (Å²) < 4.78 is 6.24. The third-order valence-electron chi connectivity index (χ3n) is 5.97. The van der Waals surface area contributed by atoms with Gasteiger partial charge in [-0.25, -0.2) is 0 Å². The molecule has 6 nitrogen and oxygen atoms in total. The Morgan fingerprint density at radius 1 is 0.912 bits per heavy atom. The van der Waals surface area contributed by atoms with E-state index in [1.807, 2.05) is 72.8 Å². The Labute approximate surface area is 201 Å². The number of H-pyrrole nitrogens is 1. The van der Waals surface area contributed by atoms with E-state index in [4.69, 9.17) is 4.74 Å². The highest BCUT2D eigenvalue weighted by molar-refractivity contribution is 7.09. The fraction of sp³-hybridized carbons (Fsp3) is 0.185. The molecule has 0 radical (unpaired) electrons. The number of hydrogen-bond donors (Lipinski definition) is 2. The summed E-state index contributed by atoms with van der Waals surface area (Å²) in [5.74, 6) is 0.603. The number of carbonyl (C=O) groups excluding carboxylic acids is 1. The smallest absolute Gasteiger partial charge is 0.307 e. The molecule has 2 N–H and O–H groups in total. The number of nitrogens with zero attached hydrogens (tertiary/aromatic N) is 1. The Hall–Kier alpha value is -3.84. The number of ether oxygens (including phenoxy) is 1. The maximum Gasteiger partial charge on any atom is 0.307 e. The summed E-state index contributed by atoms with van der Waals surface area (Å²) in [7, 11) is 0. The van der Waals surface area contributed by atoms with Gasteiger partial charge < -0.3 is 14.7 Å². The van der Waals surface area contributed by atoms with Gasteiger partial charge in [0.2, 0.25) is 11.8 Å². The number of nitrogens with one attached hydrogen (secondary N) is 1. The van der Waals surface area contributed by atoms with E-state index >= 15 is 0 Å². The van der Waals surface area contributed by atoms with Gasteiger partial charge in [-0.05, 0) is 34.7 Å². The second-order valence-corrected chi connectivity index (χ2v) is 9.32. The zero-order valence-electron chi connectivity index (χ0n) is 18.5. The van der Waals surface area contributed by atoms with Crippen molar-refractivity contribution < 1.29 is 14.6 Å². The molecule has 1 aliphatic heterocycles. The standard InChI is InChI=1S/C27H24N2O4S/c30-24-14-12-21-20(15-23-26(31)28-27(32)34-23)11-13-22(33-17-19-9-5-2-6-10-19)25(21)29(24)16-18-7-3-1-4-8-18/h1-11,13,31H,12,14-17H2,(H,28,32). The zero-order chi connectivity index (χ0) is 23.5. The third-order valence-corrected chi connectivity index (χ3v) is 6.85. The van der Waals surface area contributed by atoms with Crippen LogP contribution in [0.5, 0.6) is 11.6 Å². The van der Waals surface area contributed by atoms with Crippen LogP contribution in [0.1, 0.15) is 33.6 Å². The molecule has 0 aliphatic carbocycles. The number of hydrogen-bond acceptors (Lipinski definition) is 5. The summed E-state index contributed by atoms with van der Waals surface area (Å²) in [4.78, 5) is 29.3. The molecule has 1 aliphatic rings. The van der Waals surface area contributed by atoms with Crippen LogP contribution in [0.25, 0.3) is 0 Å². The lowest BCUT2D eigenvalue weighted by molar-refractivity contribution is -0.119. The molecule has 1 aromatic heterocycles. The first-order valence-corrected chi connectivity index (χ1v) is 12.0. The Morgan fingerprint density at radius 3 is 2.29 bits per heavy atom. The van der Waals surface area contributed by atoms with Crippen molar-refractivity contribution in [1.82, 2.24) is 4.98 Å². The van der Waals surface area contributed by atoms with Crippen molar-refractivity contribution in [3.05, 3.63) is 110 Å². The van der Waals surface area contributed by atoms with E-state index in [1.54, 1.807) is 4.90 Å². The predicted octanol–water partition coefficient (Wildman–Crippen LogP) is 4.79. The van der Waals surface area contributed by atoms with Crippen LogP contribution in [-0.2, 0) is 30.8 Å². The largest absolute Gasteiger partial charge is 0.494 e. The molecule has 7 heteroatoms. The predicted molar refractivity (Wildman–Crippen MR) is 133 cm³/mol. The van der Waals surface area contributed by atoms with Gasteiger partial charge in [-0.2, -0.15) is 0 Å². The van der Waals surface area contributed by atoms with E-state index < -0.39 is 0 Å². The SMILES string of the molecule is O=C1CCc2c(Cc3sc(=O)[nH]c3O)ccc(OCc3ccccc3)c2N1Cc1ccccc1. The number of anilines is 1. The lowest BCUT2D eigenvalue weighted by Crippen LogP contribution is -2.35. The number of aromatic amines is 1. The quantitative estimate of drug-likeness (QED) is 0.405. The highest BCUT2D eigenvalue weighted by Crippen LogP contribution is 2.41. The number of rotatable bonds is 7. The van der Waals surface area contributed by atoms with Gasteiger partial charge in [0.15, 0.2) is 0 Å². The van der Waals surface area contributed by atoms with Crippen molar-refractivity contribution in [1.29, 1.82) is 0 Å². The second kappa shape index (κ2) is 9.57. The van der Waals surface area contributed by atoms with Gasteiger partial charge in [-0.3, -0.25) is 14.6 Å². The maximum atomic E-state index is 13.1. The van der Waals surface area contributed by atoms with E-state index in [0.717, 1.165) is 39.3 Å². The lowest BCUT2D eigenvalue weighted by atomic mass is 9.92.